The molecule has 7 nitrogen and oxygen atoms in total. The van der Waals surface area contributed by atoms with E-state index in [1.54, 1.807) is 0 Å². The van der Waals surface area contributed by atoms with Crippen LogP contribution < -0.4 is 11.5 Å². The minimum atomic E-state index is -0.638. The second-order valence-corrected chi connectivity index (χ2v) is 11.0. The van der Waals surface area contributed by atoms with Gasteiger partial charge in [-0.15, -0.1) is 5.10 Å². The number of aliphatic hydroxyl groups is 2. The lowest BCUT2D eigenvalue weighted by Crippen LogP contribution is -2.62. The van der Waals surface area contributed by atoms with Gasteiger partial charge in [-0.1, -0.05) is 13.8 Å². The maximum atomic E-state index is 12.2. The molecule has 4 fully saturated rings. The molecular weight excluding hydrogens is 380 g/mol. The van der Waals surface area contributed by atoms with Crippen LogP contribution in [0, 0.1) is 34.5 Å². The average Bonchev–Trinajstić information content (AvgIpc) is 2.93. The molecule has 4 aliphatic carbocycles. The van der Waals surface area contributed by atoms with Crippen molar-refractivity contribution in [2.45, 2.75) is 90.3 Å². The lowest BCUT2D eigenvalue weighted by molar-refractivity contribution is -0.221. The SMILES string of the molecule is CCON(C[C@H]1CC[C@]2(O)[C@@H]3CC[C@@H]4C[C@@H](O)CC[C@]4(C)[C@H]3CC[C@]12C)N=C(N)N. The first-order valence-corrected chi connectivity index (χ1v) is 12.0. The van der Waals surface area contributed by atoms with Gasteiger partial charge in [0.15, 0.2) is 0 Å². The Balaban J connectivity index is 1.56. The van der Waals surface area contributed by atoms with Gasteiger partial charge in [0.1, 0.15) is 0 Å². The fraction of sp³-hybridized carbons (Fsp3) is 0.957. The molecule has 30 heavy (non-hydrogen) atoms. The largest absolute Gasteiger partial charge is 0.393 e. The summed E-state index contributed by atoms with van der Waals surface area (Å²) in [5.74, 6) is 1.79. The van der Waals surface area contributed by atoms with Crippen LogP contribution in [0.2, 0.25) is 0 Å². The van der Waals surface area contributed by atoms with Crippen LogP contribution in [0.1, 0.15) is 78.6 Å². The summed E-state index contributed by atoms with van der Waals surface area (Å²) in [5.41, 5.74) is 10.7. The van der Waals surface area contributed by atoms with E-state index in [9.17, 15) is 10.2 Å². The van der Waals surface area contributed by atoms with E-state index in [4.69, 9.17) is 16.3 Å². The maximum Gasteiger partial charge on any atom is 0.211 e. The molecule has 4 saturated carbocycles. The van der Waals surface area contributed by atoms with E-state index in [-0.39, 0.29) is 28.8 Å². The normalized spacial score (nSPS) is 47.7. The van der Waals surface area contributed by atoms with Crippen LogP contribution in [0.4, 0.5) is 0 Å². The van der Waals surface area contributed by atoms with Crippen molar-refractivity contribution in [1.82, 2.24) is 5.17 Å². The molecule has 0 heterocycles. The molecule has 0 aliphatic heterocycles. The summed E-state index contributed by atoms with van der Waals surface area (Å²) < 4.78 is 0. The van der Waals surface area contributed by atoms with Gasteiger partial charge in [0.25, 0.3) is 0 Å². The van der Waals surface area contributed by atoms with Crippen molar-refractivity contribution >= 4 is 5.96 Å². The van der Waals surface area contributed by atoms with Crippen molar-refractivity contribution in [3.8, 4) is 0 Å². The highest BCUT2D eigenvalue weighted by Crippen LogP contribution is 2.69. The fourth-order valence-corrected chi connectivity index (χ4v) is 8.20. The molecule has 0 aromatic carbocycles. The van der Waals surface area contributed by atoms with Crippen LogP contribution in [0.15, 0.2) is 5.10 Å². The molecular formula is C23H42N4O3. The highest BCUT2D eigenvalue weighted by molar-refractivity contribution is 5.75. The number of fused-ring (bicyclic) bond motifs is 5. The quantitative estimate of drug-likeness (QED) is 0.307. The summed E-state index contributed by atoms with van der Waals surface area (Å²) in [6.45, 7) is 7.77. The number of rotatable bonds is 5. The second kappa shape index (κ2) is 7.82. The lowest BCUT2D eigenvalue weighted by atomic mass is 9.43. The van der Waals surface area contributed by atoms with Gasteiger partial charge in [-0.25, -0.2) is 0 Å². The van der Waals surface area contributed by atoms with E-state index in [0.29, 0.717) is 30.9 Å². The van der Waals surface area contributed by atoms with Crippen molar-refractivity contribution < 1.29 is 15.1 Å². The van der Waals surface area contributed by atoms with Gasteiger partial charge >= 0.3 is 0 Å². The zero-order valence-electron chi connectivity index (χ0n) is 19.0. The van der Waals surface area contributed by atoms with Crippen LogP contribution in [0.25, 0.3) is 0 Å². The number of hydroxylamine groups is 1. The molecule has 0 amide bonds. The van der Waals surface area contributed by atoms with Crippen LogP contribution >= 0.6 is 0 Å². The topological polar surface area (TPSA) is 117 Å². The third-order valence-electron chi connectivity index (χ3n) is 9.90. The van der Waals surface area contributed by atoms with Crippen molar-refractivity contribution in [3.63, 3.8) is 0 Å². The molecule has 0 spiro atoms. The van der Waals surface area contributed by atoms with E-state index in [1.807, 2.05) is 6.92 Å². The van der Waals surface area contributed by atoms with E-state index in [0.717, 1.165) is 51.4 Å². The summed E-state index contributed by atoms with van der Waals surface area (Å²) >= 11 is 0. The Morgan fingerprint density at radius 3 is 2.53 bits per heavy atom. The lowest BCUT2D eigenvalue weighted by Gasteiger charge is -2.63. The number of hydrazone groups is 1. The Bertz CT molecular complexity index is 671. The second-order valence-electron chi connectivity index (χ2n) is 11.0. The number of guanidine groups is 1. The summed E-state index contributed by atoms with van der Waals surface area (Å²) in [4.78, 5) is 5.66. The molecule has 0 unspecified atom stereocenters. The highest BCUT2D eigenvalue weighted by atomic mass is 16.7. The first kappa shape index (κ1) is 22.2. The van der Waals surface area contributed by atoms with Crippen LogP contribution in [0.3, 0.4) is 0 Å². The first-order valence-electron chi connectivity index (χ1n) is 12.0. The number of nitrogens with two attached hydrogens (primary N) is 2. The molecule has 0 aromatic heterocycles. The first-order chi connectivity index (χ1) is 14.1. The van der Waals surface area contributed by atoms with Gasteiger partial charge in [0.05, 0.1) is 24.9 Å². The third kappa shape index (κ3) is 3.32. The molecule has 0 radical (unpaired) electrons. The Kier molecular flexibility index (Phi) is 5.78. The van der Waals surface area contributed by atoms with Gasteiger partial charge < -0.3 is 21.7 Å². The zero-order chi connectivity index (χ0) is 21.7. The van der Waals surface area contributed by atoms with Gasteiger partial charge in [0.2, 0.25) is 5.96 Å². The van der Waals surface area contributed by atoms with Crippen LogP contribution in [0.5, 0.6) is 0 Å². The summed E-state index contributed by atoms with van der Waals surface area (Å²) in [7, 11) is 0. The van der Waals surface area contributed by atoms with Gasteiger partial charge in [-0.05, 0) is 93.8 Å². The summed E-state index contributed by atoms with van der Waals surface area (Å²) in [5, 5.41) is 28.1. The van der Waals surface area contributed by atoms with Crippen molar-refractivity contribution in [2.75, 3.05) is 13.2 Å². The van der Waals surface area contributed by atoms with Gasteiger partial charge in [-0.2, -0.15) is 5.17 Å². The number of nitrogens with zero attached hydrogens (tertiary/aromatic N) is 2. The fourth-order valence-electron chi connectivity index (χ4n) is 8.20. The smallest absolute Gasteiger partial charge is 0.211 e. The predicted octanol–water partition coefficient (Wildman–Crippen LogP) is 2.56. The summed E-state index contributed by atoms with van der Waals surface area (Å²) in [6, 6.07) is 0. The molecule has 6 N–H and O–H groups in total. The Morgan fingerprint density at radius 2 is 1.83 bits per heavy atom. The standard InChI is InChI=1S/C23H42N4O3/c1-4-30-27(26-20(24)25)14-16-7-12-23(29)19-6-5-15-13-17(28)8-10-21(15,2)18(19)9-11-22(16,23)3/h15-19,28-29H,4-14H2,1-3H3,(H4,24,25,26)/t15-,16-,17+,18+,19-,21+,22-,23+/m1/s1. The average molecular weight is 423 g/mol. The molecule has 4 rings (SSSR count). The van der Waals surface area contributed by atoms with Gasteiger partial charge in [-0.3, -0.25) is 4.84 Å². The van der Waals surface area contributed by atoms with E-state index >= 15 is 0 Å². The molecule has 7 heteroatoms. The Morgan fingerprint density at radius 1 is 1.07 bits per heavy atom. The predicted molar refractivity (Wildman–Crippen MR) is 117 cm³/mol. The number of hydrogen-bond acceptors (Lipinski definition) is 5. The van der Waals surface area contributed by atoms with Crippen LogP contribution in [-0.4, -0.2) is 46.2 Å². The summed E-state index contributed by atoms with van der Waals surface area (Å²) in [6.07, 6.45) is 9.06. The zero-order valence-corrected chi connectivity index (χ0v) is 19.0. The molecule has 0 saturated heterocycles. The van der Waals surface area contributed by atoms with Crippen molar-refractivity contribution in [3.05, 3.63) is 0 Å². The van der Waals surface area contributed by atoms with Crippen molar-refractivity contribution in [2.24, 2.45) is 51.1 Å². The van der Waals surface area contributed by atoms with Crippen LogP contribution in [-0.2, 0) is 4.84 Å². The molecule has 4 aliphatic rings. The third-order valence-corrected chi connectivity index (χ3v) is 9.90. The molecule has 0 bridgehead atoms. The molecule has 8 atom stereocenters. The Hall–Kier alpha value is -1.05. The van der Waals surface area contributed by atoms with E-state index in [2.05, 4.69) is 18.9 Å². The number of aliphatic hydroxyl groups excluding tert-OH is 1. The molecule has 0 aromatic rings. The van der Waals surface area contributed by atoms with Gasteiger partial charge in [0, 0.05) is 5.41 Å². The minimum absolute atomic E-state index is 0.00342. The Labute approximate surface area is 181 Å². The van der Waals surface area contributed by atoms with Crippen molar-refractivity contribution in [1.29, 1.82) is 0 Å². The van der Waals surface area contributed by atoms with E-state index < -0.39 is 5.60 Å². The monoisotopic (exact) mass is 422 g/mol. The highest BCUT2D eigenvalue weighted by Gasteiger charge is 2.67. The minimum Gasteiger partial charge on any atom is -0.393 e. The maximum absolute atomic E-state index is 12.2. The molecule has 172 valence electrons. The number of hydrogen-bond donors (Lipinski definition) is 4. The van der Waals surface area contributed by atoms with E-state index in [1.165, 1.54) is 11.6 Å².